The van der Waals surface area contributed by atoms with Gasteiger partial charge in [-0.15, -0.1) is 0 Å². The van der Waals surface area contributed by atoms with E-state index in [0.717, 1.165) is 50.4 Å². The topological polar surface area (TPSA) is 75.4 Å². The van der Waals surface area contributed by atoms with E-state index in [2.05, 4.69) is 28.2 Å². The number of rotatable bonds is 5. The van der Waals surface area contributed by atoms with Crippen molar-refractivity contribution in [1.82, 2.24) is 9.88 Å². The summed E-state index contributed by atoms with van der Waals surface area (Å²) in [6.07, 6.45) is 4.07. The van der Waals surface area contributed by atoms with Gasteiger partial charge in [-0.2, -0.15) is 5.26 Å². The van der Waals surface area contributed by atoms with Crippen LogP contribution in [0.3, 0.4) is 0 Å². The van der Waals surface area contributed by atoms with Gasteiger partial charge in [0, 0.05) is 31.7 Å². The van der Waals surface area contributed by atoms with E-state index < -0.39 is 0 Å². The van der Waals surface area contributed by atoms with Crippen LogP contribution in [0.2, 0.25) is 0 Å². The molecule has 3 rings (SSSR count). The molecule has 0 saturated carbocycles. The van der Waals surface area contributed by atoms with Crippen LogP contribution in [0.5, 0.6) is 0 Å². The monoisotopic (exact) mass is 329 g/mol. The summed E-state index contributed by atoms with van der Waals surface area (Å²) in [4.78, 5) is 9.51. The van der Waals surface area contributed by atoms with Gasteiger partial charge in [-0.25, -0.2) is 4.98 Å². The van der Waals surface area contributed by atoms with Crippen LogP contribution in [0, 0.1) is 11.3 Å². The van der Waals surface area contributed by atoms with Crippen LogP contribution in [0.1, 0.15) is 42.9 Å². The SMILES string of the molecule is CCC(CO)Nc1nc(N2CCCC2)c2c(c1C#N)CCN(C)C2. The molecule has 130 valence electrons. The van der Waals surface area contributed by atoms with Gasteiger partial charge >= 0.3 is 0 Å². The maximum Gasteiger partial charge on any atom is 0.146 e. The summed E-state index contributed by atoms with van der Waals surface area (Å²) < 4.78 is 0. The van der Waals surface area contributed by atoms with Crippen molar-refractivity contribution in [3.8, 4) is 6.07 Å². The molecule has 0 spiro atoms. The first-order chi connectivity index (χ1) is 11.7. The first-order valence-electron chi connectivity index (χ1n) is 8.94. The van der Waals surface area contributed by atoms with Crippen LogP contribution >= 0.6 is 0 Å². The fourth-order valence-corrected chi connectivity index (χ4v) is 3.64. The van der Waals surface area contributed by atoms with E-state index in [0.29, 0.717) is 11.4 Å². The Morgan fingerprint density at radius 3 is 2.67 bits per heavy atom. The molecule has 6 nitrogen and oxygen atoms in total. The lowest BCUT2D eigenvalue weighted by atomic mass is 9.95. The van der Waals surface area contributed by atoms with Gasteiger partial charge in [-0.05, 0) is 38.3 Å². The van der Waals surface area contributed by atoms with Crippen molar-refractivity contribution in [3.63, 3.8) is 0 Å². The molecule has 0 bridgehead atoms. The molecule has 0 aliphatic carbocycles. The number of nitrogens with one attached hydrogen (secondary N) is 1. The molecular weight excluding hydrogens is 302 g/mol. The Hall–Kier alpha value is -1.84. The highest BCUT2D eigenvalue weighted by Gasteiger charge is 2.28. The third-order valence-electron chi connectivity index (χ3n) is 5.13. The number of aliphatic hydroxyl groups excluding tert-OH is 1. The van der Waals surface area contributed by atoms with Crippen LogP contribution in [0.25, 0.3) is 0 Å². The summed E-state index contributed by atoms with van der Waals surface area (Å²) in [5, 5.41) is 22.5. The molecule has 0 aromatic carbocycles. The Kier molecular flexibility index (Phi) is 5.22. The van der Waals surface area contributed by atoms with Crippen molar-refractivity contribution in [2.75, 3.05) is 43.5 Å². The highest BCUT2D eigenvalue weighted by atomic mass is 16.3. The van der Waals surface area contributed by atoms with Gasteiger partial charge in [0.1, 0.15) is 17.7 Å². The summed E-state index contributed by atoms with van der Waals surface area (Å²) in [5.74, 6) is 1.67. The number of hydrogen-bond donors (Lipinski definition) is 2. The van der Waals surface area contributed by atoms with Gasteiger partial charge in [0.05, 0.1) is 18.2 Å². The normalized spacial score (nSPS) is 19.0. The van der Waals surface area contributed by atoms with Crippen molar-refractivity contribution < 1.29 is 5.11 Å². The van der Waals surface area contributed by atoms with E-state index in [1.54, 1.807) is 0 Å². The van der Waals surface area contributed by atoms with Crippen molar-refractivity contribution in [2.45, 2.75) is 45.2 Å². The lowest BCUT2D eigenvalue weighted by Crippen LogP contribution is -2.32. The molecule has 1 aromatic rings. The zero-order valence-corrected chi connectivity index (χ0v) is 14.7. The summed E-state index contributed by atoms with van der Waals surface area (Å²) in [7, 11) is 2.12. The number of likely N-dealkylation sites (N-methyl/N-ethyl adjacent to an activating group) is 1. The molecule has 1 atom stereocenters. The Bertz CT molecular complexity index is 629. The van der Waals surface area contributed by atoms with Crippen molar-refractivity contribution in [2.24, 2.45) is 0 Å². The zero-order chi connectivity index (χ0) is 17.1. The Morgan fingerprint density at radius 2 is 2.04 bits per heavy atom. The van der Waals surface area contributed by atoms with Crippen molar-refractivity contribution in [1.29, 1.82) is 5.26 Å². The van der Waals surface area contributed by atoms with E-state index >= 15 is 0 Å². The third-order valence-corrected chi connectivity index (χ3v) is 5.13. The summed E-state index contributed by atoms with van der Waals surface area (Å²) in [6.45, 7) is 5.94. The van der Waals surface area contributed by atoms with E-state index in [1.165, 1.54) is 18.4 Å². The lowest BCUT2D eigenvalue weighted by molar-refractivity contribution is 0.271. The molecule has 2 aliphatic heterocycles. The van der Waals surface area contributed by atoms with E-state index in [4.69, 9.17) is 4.98 Å². The summed E-state index contributed by atoms with van der Waals surface area (Å²) in [6, 6.07) is 2.30. The second-order valence-electron chi connectivity index (χ2n) is 6.84. The minimum absolute atomic E-state index is 0.0436. The number of nitrogens with zero attached hydrogens (tertiary/aromatic N) is 4. The van der Waals surface area contributed by atoms with Crippen molar-refractivity contribution in [3.05, 3.63) is 16.7 Å². The molecule has 1 saturated heterocycles. The Balaban J connectivity index is 2.08. The van der Waals surface area contributed by atoms with Gasteiger partial charge in [-0.1, -0.05) is 6.92 Å². The van der Waals surface area contributed by atoms with Gasteiger partial charge in [-0.3, -0.25) is 0 Å². The first kappa shape index (κ1) is 17.0. The van der Waals surface area contributed by atoms with E-state index in [9.17, 15) is 10.4 Å². The van der Waals surface area contributed by atoms with E-state index in [1.807, 2.05) is 6.92 Å². The van der Waals surface area contributed by atoms with Gasteiger partial charge in [0.15, 0.2) is 0 Å². The number of fused-ring (bicyclic) bond motifs is 1. The molecule has 2 aliphatic rings. The molecule has 1 fully saturated rings. The molecule has 24 heavy (non-hydrogen) atoms. The highest BCUT2D eigenvalue weighted by Crippen LogP contribution is 2.34. The smallest absolute Gasteiger partial charge is 0.146 e. The van der Waals surface area contributed by atoms with Gasteiger partial charge in [0.2, 0.25) is 0 Å². The fourth-order valence-electron chi connectivity index (χ4n) is 3.64. The largest absolute Gasteiger partial charge is 0.394 e. The number of nitriles is 1. The number of aliphatic hydroxyl groups is 1. The molecule has 3 heterocycles. The van der Waals surface area contributed by atoms with Crippen LogP contribution in [-0.4, -0.2) is 54.3 Å². The first-order valence-corrected chi connectivity index (χ1v) is 8.94. The standard InChI is InChI=1S/C18H27N5O/c1-3-13(12-24)20-17-15(10-19)14-6-9-22(2)11-16(14)18(21-17)23-7-4-5-8-23/h13,24H,3-9,11-12H2,1-2H3,(H,20,21). The molecule has 0 amide bonds. The zero-order valence-electron chi connectivity index (χ0n) is 14.7. The predicted molar refractivity (Wildman–Crippen MR) is 95.2 cm³/mol. The molecule has 2 N–H and O–H groups in total. The maximum absolute atomic E-state index is 9.74. The van der Waals surface area contributed by atoms with Crippen LogP contribution in [-0.2, 0) is 13.0 Å². The molecular formula is C18H27N5O. The Morgan fingerprint density at radius 1 is 1.29 bits per heavy atom. The quantitative estimate of drug-likeness (QED) is 0.857. The van der Waals surface area contributed by atoms with Crippen LogP contribution in [0.15, 0.2) is 0 Å². The minimum atomic E-state index is -0.0691. The second kappa shape index (κ2) is 7.37. The average molecular weight is 329 g/mol. The van der Waals surface area contributed by atoms with Crippen LogP contribution in [0.4, 0.5) is 11.6 Å². The molecule has 1 unspecified atom stereocenters. The maximum atomic E-state index is 9.74. The number of hydrogen-bond acceptors (Lipinski definition) is 6. The highest BCUT2D eigenvalue weighted by molar-refractivity contribution is 5.67. The number of pyridine rings is 1. The third kappa shape index (κ3) is 3.19. The number of aromatic nitrogens is 1. The lowest BCUT2D eigenvalue weighted by Gasteiger charge is -2.31. The number of anilines is 2. The summed E-state index contributed by atoms with van der Waals surface area (Å²) in [5.41, 5.74) is 3.01. The van der Waals surface area contributed by atoms with E-state index in [-0.39, 0.29) is 12.6 Å². The summed E-state index contributed by atoms with van der Waals surface area (Å²) >= 11 is 0. The fraction of sp³-hybridized carbons (Fsp3) is 0.667. The minimum Gasteiger partial charge on any atom is -0.394 e. The Labute approximate surface area is 144 Å². The molecule has 1 aromatic heterocycles. The van der Waals surface area contributed by atoms with Gasteiger partial charge in [0.25, 0.3) is 0 Å². The molecule has 0 radical (unpaired) electrons. The predicted octanol–water partition coefficient (Wildman–Crippen LogP) is 1.72. The molecule has 6 heteroatoms. The second-order valence-corrected chi connectivity index (χ2v) is 6.84. The average Bonchev–Trinajstić information content (AvgIpc) is 3.13. The van der Waals surface area contributed by atoms with Crippen LogP contribution < -0.4 is 10.2 Å². The van der Waals surface area contributed by atoms with Crippen molar-refractivity contribution >= 4 is 11.6 Å². The van der Waals surface area contributed by atoms with Gasteiger partial charge < -0.3 is 20.2 Å².